The van der Waals surface area contributed by atoms with E-state index in [0.29, 0.717) is 0 Å². The molecule has 0 saturated carbocycles. The highest BCUT2D eigenvalue weighted by Crippen LogP contribution is 2.26. The van der Waals surface area contributed by atoms with Crippen LogP contribution in [0.3, 0.4) is 0 Å². The van der Waals surface area contributed by atoms with E-state index in [2.05, 4.69) is 66.0 Å². The van der Waals surface area contributed by atoms with E-state index in [4.69, 9.17) is 0 Å². The number of allylic oxidation sites excluding steroid dienone is 4. The summed E-state index contributed by atoms with van der Waals surface area (Å²) >= 11 is 0. The second-order valence-electron chi connectivity index (χ2n) is 6.04. The van der Waals surface area contributed by atoms with Crippen molar-refractivity contribution in [3.8, 4) is 0 Å². The van der Waals surface area contributed by atoms with Gasteiger partial charge in [0.25, 0.3) is 0 Å². The van der Waals surface area contributed by atoms with Crippen LogP contribution in [0, 0.1) is 0 Å². The van der Waals surface area contributed by atoms with Crippen LogP contribution >= 0.6 is 0 Å². The summed E-state index contributed by atoms with van der Waals surface area (Å²) in [6, 6.07) is 10.2. The fourth-order valence-corrected chi connectivity index (χ4v) is 2.55. The molecule has 0 radical (unpaired) electrons. The van der Waals surface area contributed by atoms with Crippen LogP contribution in [0.1, 0.15) is 19.4 Å². The Balaban J connectivity index is 3.25. The molecule has 0 aliphatic rings. The van der Waals surface area contributed by atoms with E-state index < -0.39 is 0 Å². The first-order valence-electron chi connectivity index (χ1n) is 9.09. The van der Waals surface area contributed by atoms with Gasteiger partial charge in [0.1, 0.15) is 0 Å². The number of hydrogen-bond donors (Lipinski definition) is 1. The van der Waals surface area contributed by atoms with Gasteiger partial charge in [0, 0.05) is 43.9 Å². The molecule has 0 aliphatic carbocycles. The third-order valence-corrected chi connectivity index (χ3v) is 4.21. The maximum atomic E-state index is 4.30. The van der Waals surface area contributed by atoms with Crippen molar-refractivity contribution >= 4 is 11.8 Å². The van der Waals surface area contributed by atoms with E-state index >= 15 is 0 Å². The number of aliphatic imine (C=N–C) groups is 1. The molecule has 0 spiro atoms. The molecule has 27 heavy (non-hydrogen) atoms. The lowest BCUT2D eigenvalue weighted by atomic mass is 9.99. The summed E-state index contributed by atoms with van der Waals surface area (Å²) in [6.07, 6.45) is 8.94. The first kappa shape index (κ1) is 22.4. The molecule has 144 valence electrons. The molecule has 1 N–H and O–H groups in total. The van der Waals surface area contributed by atoms with Crippen molar-refractivity contribution in [2.45, 2.75) is 13.8 Å². The molecular formula is C23H32N4. The Morgan fingerprint density at radius 3 is 2.48 bits per heavy atom. The fraction of sp³-hybridized carbons (Fsp3) is 0.261. The van der Waals surface area contributed by atoms with Gasteiger partial charge in [-0.1, -0.05) is 55.6 Å². The van der Waals surface area contributed by atoms with Gasteiger partial charge in [0.05, 0.1) is 0 Å². The van der Waals surface area contributed by atoms with Crippen molar-refractivity contribution in [3.05, 3.63) is 91.5 Å². The second-order valence-corrected chi connectivity index (χ2v) is 6.04. The van der Waals surface area contributed by atoms with Crippen molar-refractivity contribution in [1.82, 2.24) is 15.3 Å². The minimum atomic E-state index is 0.722. The van der Waals surface area contributed by atoms with Gasteiger partial charge in [-0.25, -0.2) is 5.01 Å². The molecule has 1 aromatic rings. The molecule has 4 heteroatoms. The summed E-state index contributed by atoms with van der Waals surface area (Å²) < 4.78 is 0. The van der Waals surface area contributed by atoms with Crippen LogP contribution in [-0.2, 0) is 0 Å². The first-order chi connectivity index (χ1) is 13.1. The van der Waals surface area contributed by atoms with Crippen LogP contribution < -0.4 is 5.32 Å². The summed E-state index contributed by atoms with van der Waals surface area (Å²) in [7, 11) is 1.95. The Morgan fingerprint density at radius 2 is 1.89 bits per heavy atom. The van der Waals surface area contributed by atoms with Crippen LogP contribution in [0.4, 0.5) is 0 Å². The van der Waals surface area contributed by atoms with Crippen LogP contribution in [0.15, 0.2) is 90.9 Å². The van der Waals surface area contributed by atoms with Gasteiger partial charge >= 0.3 is 0 Å². The van der Waals surface area contributed by atoms with Crippen LogP contribution in [0.5, 0.6) is 0 Å². The van der Waals surface area contributed by atoms with E-state index in [9.17, 15) is 0 Å². The summed E-state index contributed by atoms with van der Waals surface area (Å²) in [5, 5.41) is 7.52. The number of nitrogens with one attached hydrogen (secondary N) is 1. The van der Waals surface area contributed by atoms with E-state index in [1.165, 1.54) is 0 Å². The van der Waals surface area contributed by atoms with Crippen LogP contribution in [0.25, 0.3) is 5.57 Å². The lowest BCUT2D eigenvalue weighted by Gasteiger charge is -2.35. The van der Waals surface area contributed by atoms with E-state index in [1.54, 1.807) is 18.5 Å². The van der Waals surface area contributed by atoms with Crippen LogP contribution in [0.2, 0.25) is 0 Å². The molecular weight excluding hydrogens is 332 g/mol. The van der Waals surface area contributed by atoms with Crippen molar-refractivity contribution in [3.63, 3.8) is 0 Å². The molecule has 0 heterocycles. The zero-order chi connectivity index (χ0) is 20.1. The Kier molecular flexibility index (Phi) is 10.5. The minimum Gasteiger partial charge on any atom is -0.318 e. The SMILES string of the molecule is C=C/C=N\C=C/N(/C(C)=C(\C)C(=C)c1ccccc1)N(CC=C)CCNC. The third-order valence-electron chi connectivity index (χ3n) is 4.21. The molecule has 0 aromatic heterocycles. The Labute approximate surface area is 164 Å². The molecule has 0 aliphatic heterocycles. The first-order valence-corrected chi connectivity index (χ1v) is 9.09. The molecule has 0 atom stereocenters. The summed E-state index contributed by atoms with van der Waals surface area (Å²) in [5.74, 6) is 0. The molecule has 1 aromatic carbocycles. The zero-order valence-corrected chi connectivity index (χ0v) is 16.9. The van der Waals surface area contributed by atoms with E-state index in [0.717, 1.165) is 42.0 Å². The van der Waals surface area contributed by atoms with Crippen molar-refractivity contribution < 1.29 is 0 Å². The fourth-order valence-electron chi connectivity index (χ4n) is 2.55. The Hall–Kier alpha value is -2.69. The molecule has 0 fully saturated rings. The van der Waals surface area contributed by atoms with Crippen molar-refractivity contribution in [2.24, 2.45) is 4.99 Å². The predicted molar refractivity (Wildman–Crippen MR) is 119 cm³/mol. The maximum absolute atomic E-state index is 4.30. The smallest absolute Gasteiger partial charge is 0.0446 e. The van der Waals surface area contributed by atoms with E-state index in [-0.39, 0.29) is 0 Å². The molecule has 0 amide bonds. The highest BCUT2D eigenvalue weighted by atomic mass is 15.6. The summed E-state index contributed by atoms with van der Waals surface area (Å²) in [6.45, 7) is 18.5. The van der Waals surface area contributed by atoms with Gasteiger partial charge in [-0.15, -0.1) is 6.58 Å². The average Bonchev–Trinajstić information content (AvgIpc) is 2.70. The van der Waals surface area contributed by atoms with Gasteiger partial charge < -0.3 is 5.32 Å². The summed E-state index contributed by atoms with van der Waals surface area (Å²) in [4.78, 5) is 4.22. The lowest BCUT2D eigenvalue weighted by Crippen LogP contribution is -2.42. The van der Waals surface area contributed by atoms with Gasteiger partial charge in [0.15, 0.2) is 0 Å². The van der Waals surface area contributed by atoms with Gasteiger partial charge in [-0.05, 0) is 37.6 Å². The second kappa shape index (κ2) is 12.6. The maximum Gasteiger partial charge on any atom is 0.0446 e. The number of likely N-dealkylation sites (N-methyl/N-ethyl adjacent to an activating group) is 1. The normalized spacial score (nSPS) is 12.4. The Morgan fingerprint density at radius 1 is 1.19 bits per heavy atom. The summed E-state index contributed by atoms with van der Waals surface area (Å²) in [5.41, 5.74) is 4.34. The standard InChI is InChI=1S/C23H32N4/c1-7-14-25-16-19-27(26(17-8-2)18-15-24-6)22(5)20(3)21(4)23-12-10-9-11-13-23/h7-14,16,19,24H,1-2,4,15,17-18H2,3,5-6H3/b19-16-,22-20+,25-14-. The lowest BCUT2D eigenvalue weighted by molar-refractivity contribution is 0.0701. The zero-order valence-electron chi connectivity index (χ0n) is 16.9. The molecule has 4 nitrogen and oxygen atoms in total. The number of rotatable bonds is 12. The number of nitrogens with zero attached hydrogens (tertiary/aromatic N) is 3. The van der Waals surface area contributed by atoms with Gasteiger partial charge in [-0.3, -0.25) is 10.0 Å². The molecule has 0 bridgehead atoms. The average molecular weight is 365 g/mol. The van der Waals surface area contributed by atoms with Gasteiger partial charge in [-0.2, -0.15) is 0 Å². The highest BCUT2D eigenvalue weighted by molar-refractivity contribution is 5.77. The molecule has 1 rings (SSSR count). The molecule has 0 unspecified atom stereocenters. The monoisotopic (exact) mass is 364 g/mol. The predicted octanol–water partition coefficient (Wildman–Crippen LogP) is 4.65. The topological polar surface area (TPSA) is 30.9 Å². The van der Waals surface area contributed by atoms with E-state index in [1.807, 2.05) is 37.5 Å². The number of benzene rings is 1. The minimum absolute atomic E-state index is 0.722. The van der Waals surface area contributed by atoms with Crippen LogP contribution in [-0.4, -0.2) is 42.9 Å². The quantitative estimate of drug-likeness (QED) is 0.254. The highest BCUT2D eigenvalue weighted by Gasteiger charge is 2.15. The number of hydrogen-bond acceptors (Lipinski definition) is 4. The van der Waals surface area contributed by atoms with Gasteiger partial charge in [0.2, 0.25) is 0 Å². The van der Waals surface area contributed by atoms with Crippen molar-refractivity contribution in [2.75, 3.05) is 26.7 Å². The third kappa shape index (κ3) is 7.21. The Bertz CT molecular complexity index is 698. The number of hydrazine groups is 1. The molecule has 0 saturated heterocycles. The largest absolute Gasteiger partial charge is 0.318 e. The van der Waals surface area contributed by atoms with Crippen molar-refractivity contribution in [1.29, 1.82) is 0 Å².